The largest absolute Gasteiger partial charge is 0.350 e. The summed E-state index contributed by atoms with van der Waals surface area (Å²) in [6, 6.07) is 4.93. The molecule has 3 N–H and O–H groups in total. The Bertz CT molecular complexity index is 430. The van der Waals surface area contributed by atoms with Gasteiger partial charge in [0.25, 0.3) is 0 Å². The molecule has 0 aliphatic heterocycles. The van der Waals surface area contributed by atoms with Gasteiger partial charge in [0.1, 0.15) is 5.82 Å². The summed E-state index contributed by atoms with van der Waals surface area (Å²) < 4.78 is 13.3. The van der Waals surface area contributed by atoms with Crippen LogP contribution in [0.3, 0.4) is 0 Å². The molecule has 0 heterocycles. The van der Waals surface area contributed by atoms with E-state index in [-0.39, 0.29) is 11.7 Å². The number of benzene rings is 1. The number of hydrogen-bond donors (Lipinski definition) is 2. The molecule has 0 spiro atoms. The van der Waals surface area contributed by atoms with Crippen molar-refractivity contribution in [1.29, 1.82) is 0 Å². The fourth-order valence-electron chi connectivity index (χ4n) is 1.76. The number of amides is 1. The summed E-state index contributed by atoms with van der Waals surface area (Å²) >= 11 is 0. The Hall–Kier alpha value is -1.42. The molecule has 18 heavy (non-hydrogen) atoms. The minimum atomic E-state index is -0.863. The first-order valence-corrected chi connectivity index (χ1v) is 6.19. The summed E-state index contributed by atoms with van der Waals surface area (Å²) in [5.41, 5.74) is 6.37. The van der Waals surface area contributed by atoms with Crippen molar-refractivity contribution < 1.29 is 9.18 Å². The zero-order valence-electron chi connectivity index (χ0n) is 11.2. The topological polar surface area (TPSA) is 55.1 Å². The van der Waals surface area contributed by atoms with Gasteiger partial charge in [-0.15, -0.1) is 0 Å². The number of carbonyl (C=O) groups is 1. The van der Waals surface area contributed by atoms with E-state index in [1.165, 1.54) is 6.07 Å². The van der Waals surface area contributed by atoms with Crippen molar-refractivity contribution >= 4 is 5.91 Å². The Balaban J connectivity index is 2.60. The highest BCUT2D eigenvalue weighted by Gasteiger charge is 2.26. The average Bonchev–Trinajstić information content (AvgIpc) is 2.30. The second kappa shape index (κ2) is 5.96. The van der Waals surface area contributed by atoms with Gasteiger partial charge in [-0.2, -0.15) is 0 Å². The lowest BCUT2D eigenvalue weighted by Crippen LogP contribution is -2.51. The summed E-state index contributed by atoms with van der Waals surface area (Å²) in [6.07, 6.45) is 1.47. The van der Waals surface area contributed by atoms with Gasteiger partial charge in [0.15, 0.2) is 0 Å². The van der Waals surface area contributed by atoms with E-state index in [9.17, 15) is 9.18 Å². The Morgan fingerprint density at radius 3 is 2.72 bits per heavy atom. The van der Waals surface area contributed by atoms with Gasteiger partial charge in [-0.3, -0.25) is 4.79 Å². The number of hydrogen-bond acceptors (Lipinski definition) is 2. The average molecular weight is 252 g/mol. The van der Waals surface area contributed by atoms with Crippen LogP contribution >= 0.6 is 0 Å². The predicted molar refractivity (Wildman–Crippen MR) is 70.5 cm³/mol. The molecular formula is C14H21FN2O. The molecule has 1 aromatic carbocycles. The first-order chi connectivity index (χ1) is 8.36. The van der Waals surface area contributed by atoms with Crippen LogP contribution in [0.2, 0.25) is 0 Å². The first-order valence-electron chi connectivity index (χ1n) is 6.19. The van der Waals surface area contributed by atoms with Crippen LogP contribution in [0.1, 0.15) is 37.8 Å². The minimum Gasteiger partial charge on any atom is -0.350 e. The van der Waals surface area contributed by atoms with Crippen molar-refractivity contribution in [2.75, 3.05) is 0 Å². The molecule has 0 aromatic heterocycles. The maximum atomic E-state index is 13.3. The molecule has 0 radical (unpaired) electrons. The lowest BCUT2D eigenvalue weighted by Gasteiger charge is -2.22. The molecule has 0 fully saturated rings. The lowest BCUT2D eigenvalue weighted by atomic mass is 9.96. The van der Waals surface area contributed by atoms with Crippen LogP contribution in [-0.4, -0.2) is 11.4 Å². The van der Waals surface area contributed by atoms with Crippen LogP contribution in [0.5, 0.6) is 0 Å². The molecule has 1 rings (SSSR count). The number of rotatable bonds is 5. The highest BCUT2D eigenvalue weighted by atomic mass is 19.1. The van der Waals surface area contributed by atoms with E-state index >= 15 is 0 Å². The van der Waals surface area contributed by atoms with E-state index in [0.29, 0.717) is 18.5 Å². The molecule has 1 aromatic rings. The fourth-order valence-corrected chi connectivity index (χ4v) is 1.76. The summed E-state index contributed by atoms with van der Waals surface area (Å²) in [6.45, 7) is 5.69. The molecule has 1 atom stereocenters. The highest BCUT2D eigenvalue weighted by molar-refractivity contribution is 5.85. The predicted octanol–water partition coefficient (Wildman–Crippen LogP) is 2.27. The summed E-state index contributed by atoms with van der Waals surface area (Å²) in [7, 11) is 0. The second-order valence-corrected chi connectivity index (χ2v) is 4.93. The van der Waals surface area contributed by atoms with E-state index in [4.69, 9.17) is 5.73 Å². The van der Waals surface area contributed by atoms with Crippen molar-refractivity contribution in [2.24, 2.45) is 5.73 Å². The number of nitrogens with one attached hydrogen (secondary N) is 1. The van der Waals surface area contributed by atoms with E-state index < -0.39 is 5.54 Å². The van der Waals surface area contributed by atoms with Crippen LogP contribution in [0, 0.1) is 12.7 Å². The van der Waals surface area contributed by atoms with Gasteiger partial charge in [-0.25, -0.2) is 4.39 Å². The van der Waals surface area contributed by atoms with Crippen LogP contribution in [0.4, 0.5) is 4.39 Å². The maximum Gasteiger partial charge on any atom is 0.240 e. The second-order valence-electron chi connectivity index (χ2n) is 4.93. The molecule has 0 bridgehead atoms. The zero-order valence-corrected chi connectivity index (χ0v) is 11.2. The van der Waals surface area contributed by atoms with Crippen LogP contribution in [0.25, 0.3) is 0 Å². The van der Waals surface area contributed by atoms with Crippen LogP contribution in [0.15, 0.2) is 18.2 Å². The quantitative estimate of drug-likeness (QED) is 0.844. The smallest absolute Gasteiger partial charge is 0.240 e. The van der Waals surface area contributed by atoms with E-state index in [1.807, 2.05) is 6.92 Å². The molecule has 0 saturated carbocycles. The monoisotopic (exact) mass is 252 g/mol. The summed E-state index contributed by atoms with van der Waals surface area (Å²) in [4.78, 5) is 11.9. The minimum absolute atomic E-state index is 0.203. The standard InChI is InChI=1S/C14H21FN2O/c1-4-7-14(3,16)13(18)17-9-11-6-5-10(2)12(15)8-11/h5-6,8H,4,7,9,16H2,1-3H3,(H,17,18). The maximum absolute atomic E-state index is 13.3. The van der Waals surface area contributed by atoms with Crippen molar-refractivity contribution in [1.82, 2.24) is 5.32 Å². The van der Waals surface area contributed by atoms with Crippen LogP contribution < -0.4 is 11.1 Å². The SMILES string of the molecule is CCCC(C)(N)C(=O)NCc1ccc(C)c(F)c1. The fraction of sp³-hybridized carbons (Fsp3) is 0.500. The Kier molecular flexibility index (Phi) is 4.84. The Labute approximate surface area is 108 Å². The molecule has 3 nitrogen and oxygen atoms in total. The number of carbonyl (C=O) groups excluding carboxylic acids is 1. The third-order valence-electron chi connectivity index (χ3n) is 2.98. The van der Waals surface area contributed by atoms with Crippen LogP contribution in [-0.2, 0) is 11.3 Å². The van der Waals surface area contributed by atoms with Crippen molar-refractivity contribution in [3.05, 3.63) is 35.1 Å². The molecular weight excluding hydrogens is 231 g/mol. The van der Waals surface area contributed by atoms with Gasteiger partial charge in [0.05, 0.1) is 5.54 Å². The third-order valence-corrected chi connectivity index (χ3v) is 2.98. The molecule has 0 saturated heterocycles. The summed E-state index contributed by atoms with van der Waals surface area (Å²) in [5, 5.41) is 2.74. The molecule has 1 amide bonds. The van der Waals surface area contributed by atoms with Gasteiger partial charge < -0.3 is 11.1 Å². The van der Waals surface area contributed by atoms with Crippen molar-refractivity contribution in [3.8, 4) is 0 Å². The normalized spacial score (nSPS) is 14.1. The van der Waals surface area contributed by atoms with Crippen molar-refractivity contribution in [2.45, 2.75) is 45.7 Å². The Morgan fingerprint density at radius 2 is 2.17 bits per heavy atom. The molecule has 100 valence electrons. The van der Waals surface area contributed by atoms with Gasteiger partial charge in [0.2, 0.25) is 5.91 Å². The van der Waals surface area contributed by atoms with E-state index in [2.05, 4.69) is 5.32 Å². The zero-order chi connectivity index (χ0) is 13.8. The summed E-state index contributed by atoms with van der Waals surface area (Å²) in [5.74, 6) is -0.462. The lowest BCUT2D eigenvalue weighted by molar-refractivity contribution is -0.126. The van der Waals surface area contributed by atoms with Gasteiger partial charge in [-0.1, -0.05) is 25.5 Å². The van der Waals surface area contributed by atoms with Gasteiger partial charge in [-0.05, 0) is 37.5 Å². The third kappa shape index (κ3) is 3.81. The molecule has 0 aliphatic carbocycles. The number of aryl methyl sites for hydroxylation is 1. The van der Waals surface area contributed by atoms with E-state index in [1.54, 1.807) is 26.0 Å². The van der Waals surface area contributed by atoms with Gasteiger partial charge >= 0.3 is 0 Å². The molecule has 1 unspecified atom stereocenters. The highest BCUT2D eigenvalue weighted by Crippen LogP contribution is 2.11. The molecule has 0 aliphatic rings. The Morgan fingerprint density at radius 1 is 1.50 bits per heavy atom. The number of halogens is 1. The molecule has 4 heteroatoms. The van der Waals surface area contributed by atoms with E-state index in [0.717, 1.165) is 12.0 Å². The first kappa shape index (κ1) is 14.6. The number of nitrogens with two attached hydrogens (primary N) is 1. The van der Waals surface area contributed by atoms with Crippen molar-refractivity contribution in [3.63, 3.8) is 0 Å². The van der Waals surface area contributed by atoms with Gasteiger partial charge in [0, 0.05) is 6.54 Å².